The quantitative estimate of drug-likeness (QED) is 0.123. The summed E-state index contributed by atoms with van der Waals surface area (Å²) in [5, 5.41) is 0. The highest BCUT2D eigenvalue weighted by molar-refractivity contribution is 6.76. The summed E-state index contributed by atoms with van der Waals surface area (Å²) in [7, 11) is 2.30. The molecule has 0 fully saturated rings. The Labute approximate surface area is 112 Å². The van der Waals surface area contributed by atoms with E-state index in [-0.39, 0.29) is 0 Å². The Bertz CT molecular complexity index is 296. The van der Waals surface area contributed by atoms with Crippen LogP contribution in [0.3, 0.4) is 0 Å². The van der Waals surface area contributed by atoms with Crippen LogP contribution in [0.25, 0.3) is 0 Å². The molecule has 0 aliphatic heterocycles. The fraction of sp³-hybridized carbons (Fsp3) is 0.615. The van der Waals surface area contributed by atoms with E-state index in [1.54, 1.807) is 26.6 Å². The molecule has 0 saturated heterocycles. The second-order valence-electron chi connectivity index (χ2n) is 5.22. The van der Waals surface area contributed by atoms with E-state index >= 15 is 0 Å². The number of ether oxygens (including phenoxy) is 2. The molecule has 0 saturated carbocycles. The summed E-state index contributed by atoms with van der Waals surface area (Å²) in [5.74, 6) is 0.603. The lowest BCUT2D eigenvalue weighted by Crippen LogP contribution is -2.24. The Balaban J connectivity index is 4.06. The minimum Gasteiger partial charge on any atom is -0.497 e. The molecule has 0 atom stereocenters. The molecule has 18 heavy (non-hydrogen) atoms. The van der Waals surface area contributed by atoms with Crippen molar-refractivity contribution in [1.82, 2.24) is 4.90 Å². The highest BCUT2D eigenvalue weighted by Crippen LogP contribution is 2.07. The summed E-state index contributed by atoms with van der Waals surface area (Å²) >= 11 is 0. The topological polar surface area (TPSA) is 34.1 Å². The summed E-state index contributed by atoms with van der Waals surface area (Å²) in [4.78, 5) is 5.83. The lowest BCUT2D eigenvalue weighted by atomic mass is 10.5. The standard InChI is InChI=1S/C13H26N2O2Si/c1-13(16-3)7-8-15(11-14-2)12-17-9-10-18(4,5)6/h7-8,11H,1,9-10,12H2,2-6H3/b8-7+,14-11-. The third-order valence-electron chi connectivity index (χ3n) is 2.21. The van der Waals surface area contributed by atoms with E-state index in [0.717, 1.165) is 6.61 Å². The van der Waals surface area contributed by atoms with Gasteiger partial charge in [0.05, 0.1) is 13.4 Å². The average Bonchev–Trinajstić information content (AvgIpc) is 2.29. The number of aliphatic imine (C=N–C) groups is 1. The molecule has 0 bridgehead atoms. The summed E-state index contributed by atoms with van der Waals surface area (Å²) in [6.07, 6.45) is 5.34. The van der Waals surface area contributed by atoms with Gasteiger partial charge in [-0.2, -0.15) is 0 Å². The van der Waals surface area contributed by atoms with Crippen LogP contribution in [0.1, 0.15) is 0 Å². The molecule has 0 N–H and O–H groups in total. The highest BCUT2D eigenvalue weighted by atomic mass is 28.3. The van der Waals surface area contributed by atoms with Crippen molar-refractivity contribution >= 4 is 14.4 Å². The van der Waals surface area contributed by atoms with Crippen LogP contribution in [0.5, 0.6) is 0 Å². The molecule has 0 aliphatic rings. The summed E-state index contributed by atoms with van der Waals surface area (Å²) in [5.41, 5.74) is 0. The Morgan fingerprint density at radius 2 is 2.06 bits per heavy atom. The van der Waals surface area contributed by atoms with Gasteiger partial charge in [-0.25, -0.2) is 0 Å². The normalized spacial score (nSPS) is 12.3. The monoisotopic (exact) mass is 270 g/mol. The van der Waals surface area contributed by atoms with Gasteiger partial charge in [-0.1, -0.05) is 26.2 Å². The zero-order valence-electron chi connectivity index (χ0n) is 12.3. The van der Waals surface area contributed by atoms with Crippen molar-refractivity contribution in [2.24, 2.45) is 4.99 Å². The van der Waals surface area contributed by atoms with Crippen molar-refractivity contribution in [3.8, 4) is 0 Å². The molecule has 4 nitrogen and oxygen atoms in total. The van der Waals surface area contributed by atoms with Gasteiger partial charge in [-0.05, 0) is 12.1 Å². The first-order chi connectivity index (χ1) is 8.39. The number of allylic oxidation sites excluding steroid dienone is 1. The van der Waals surface area contributed by atoms with E-state index in [2.05, 4.69) is 31.2 Å². The van der Waals surface area contributed by atoms with Crippen LogP contribution in [0, 0.1) is 0 Å². The molecule has 0 radical (unpaired) electrons. The SMILES string of the molecule is C=C(/C=C/N(/C=N\C)COCC[Si](C)(C)C)OC. The van der Waals surface area contributed by atoms with E-state index in [1.807, 2.05) is 11.1 Å². The van der Waals surface area contributed by atoms with Crippen LogP contribution in [0.4, 0.5) is 0 Å². The van der Waals surface area contributed by atoms with Crippen molar-refractivity contribution in [3.05, 3.63) is 24.6 Å². The molecule has 104 valence electrons. The molecule has 0 unspecified atom stereocenters. The minimum atomic E-state index is -1.02. The molecule has 0 aromatic heterocycles. The lowest BCUT2D eigenvalue weighted by molar-refractivity contribution is 0.0953. The van der Waals surface area contributed by atoms with Crippen molar-refractivity contribution in [3.63, 3.8) is 0 Å². The fourth-order valence-corrected chi connectivity index (χ4v) is 1.82. The molecule has 0 rings (SSSR count). The van der Waals surface area contributed by atoms with Gasteiger partial charge in [0.25, 0.3) is 0 Å². The molecule has 0 amide bonds. The van der Waals surface area contributed by atoms with Gasteiger partial charge in [0.1, 0.15) is 12.5 Å². The van der Waals surface area contributed by atoms with E-state index in [0.29, 0.717) is 12.5 Å². The zero-order valence-corrected chi connectivity index (χ0v) is 13.3. The molecule has 5 heteroatoms. The van der Waals surface area contributed by atoms with Crippen LogP contribution < -0.4 is 0 Å². The van der Waals surface area contributed by atoms with E-state index in [9.17, 15) is 0 Å². The molecular weight excluding hydrogens is 244 g/mol. The van der Waals surface area contributed by atoms with Gasteiger partial charge in [-0.15, -0.1) is 0 Å². The predicted octanol–water partition coefficient (Wildman–Crippen LogP) is 2.93. The highest BCUT2D eigenvalue weighted by Gasteiger charge is 2.12. The first-order valence-electron chi connectivity index (χ1n) is 6.06. The van der Waals surface area contributed by atoms with E-state index in [1.165, 1.54) is 6.04 Å². The van der Waals surface area contributed by atoms with Gasteiger partial charge in [0.15, 0.2) is 0 Å². The third-order valence-corrected chi connectivity index (χ3v) is 3.92. The molecule has 0 aromatic rings. The van der Waals surface area contributed by atoms with Gasteiger partial charge in [-0.3, -0.25) is 4.99 Å². The maximum Gasteiger partial charge on any atom is 0.123 e. The number of hydrogen-bond acceptors (Lipinski definition) is 3. The van der Waals surface area contributed by atoms with Crippen LogP contribution >= 0.6 is 0 Å². The van der Waals surface area contributed by atoms with Crippen molar-refractivity contribution in [2.45, 2.75) is 25.7 Å². The van der Waals surface area contributed by atoms with Crippen LogP contribution in [-0.2, 0) is 9.47 Å². The molecule has 0 spiro atoms. The number of nitrogens with zero attached hydrogens (tertiary/aromatic N) is 2. The van der Waals surface area contributed by atoms with Gasteiger partial charge < -0.3 is 14.4 Å². The largest absolute Gasteiger partial charge is 0.497 e. The van der Waals surface area contributed by atoms with Gasteiger partial charge in [0.2, 0.25) is 0 Å². The summed E-state index contributed by atoms with van der Waals surface area (Å²) < 4.78 is 10.6. The third kappa shape index (κ3) is 10.1. The lowest BCUT2D eigenvalue weighted by Gasteiger charge is -2.18. The smallest absolute Gasteiger partial charge is 0.123 e. The summed E-state index contributed by atoms with van der Waals surface area (Å²) in [6, 6.07) is 1.17. The Morgan fingerprint density at radius 3 is 2.56 bits per heavy atom. The Kier molecular flexibility index (Phi) is 8.40. The zero-order chi connectivity index (χ0) is 14.0. The fourth-order valence-electron chi connectivity index (χ4n) is 1.06. The number of methoxy groups -OCH3 is 1. The van der Waals surface area contributed by atoms with Crippen molar-refractivity contribution < 1.29 is 9.47 Å². The Morgan fingerprint density at radius 1 is 1.39 bits per heavy atom. The average molecular weight is 270 g/mol. The van der Waals surface area contributed by atoms with Crippen molar-refractivity contribution in [2.75, 3.05) is 27.5 Å². The maximum absolute atomic E-state index is 5.64. The van der Waals surface area contributed by atoms with Crippen LogP contribution in [-0.4, -0.2) is 46.8 Å². The molecule has 0 aliphatic carbocycles. The second kappa shape index (κ2) is 8.94. The van der Waals surface area contributed by atoms with Gasteiger partial charge >= 0.3 is 0 Å². The number of rotatable bonds is 9. The number of hydrogen-bond donors (Lipinski definition) is 0. The van der Waals surface area contributed by atoms with E-state index < -0.39 is 8.07 Å². The molecule has 0 aromatic carbocycles. The molecule has 0 heterocycles. The van der Waals surface area contributed by atoms with E-state index in [4.69, 9.17) is 9.47 Å². The maximum atomic E-state index is 5.64. The second-order valence-corrected chi connectivity index (χ2v) is 10.8. The molecular formula is C13H26N2O2Si. The van der Waals surface area contributed by atoms with Gasteiger partial charge in [0, 0.05) is 27.9 Å². The van der Waals surface area contributed by atoms with Crippen LogP contribution in [0.15, 0.2) is 29.6 Å². The summed E-state index contributed by atoms with van der Waals surface area (Å²) in [6.45, 7) is 12.0. The first kappa shape index (κ1) is 16.9. The first-order valence-corrected chi connectivity index (χ1v) is 9.76. The predicted molar refractivity (Wildman–Crippen MR) is 80.5 cm³/mol. The minimum absolute atomic E-state index is 0.495. The van der Waals surface area contributed by atoms with Crippen molar-refractivity contribution in [1.29, 1.82) is 0 Å². The Hall–Kier alpha value is -1.07. The van der Waals surface area contributed by atoms with Crippen LogP contribution in [0.2, 0.25) is 25.7 Å².